The fourth-order valence-electron chi connectivity index (χ4n) is 2.75. The molecule has 0 fully saturated rings. The van der Waals surface area contributed by atoms with Crippen LogP contribution in [0.1, 0.15) is 17.5 Å². The second-order valence-corrected chi connectivity index (χ2v) is 8.60. The number of carbonyl (C=O) groups is 1. The van der Waals surface area contributed by atoms with Crippen LogP contribution >= 0.6 is 21.6 Å². The monoisotopic (exact) mass is 374 g/mol. The van der Waals surface area contributed by atoms with Gasteiger partial charge in [-0.2, -0.15) is 0 Å². The fourth-order valence-corrected chi connectivity index (χ4v) is 5.22. The van der Waals surface area contributed by atoms with E-state index >= 15 is 0 Å². The normalized spacial score (nSPS) is 15.1. The van der Waals surface area contributed by atoms with Gasteiger partial charge in [-0.3, -0.25) is 4.79 Å². The average Bonchev–Trinajstić information content (AvgIpc) is 2.59. The first-order valence-electron chi connectivity index (χ1n) is 8.26. The minimum atomic E-state index is -0.763. The zero-order chi connectivity index (χ0) is 17.8. The number of fused-ring (bicyclic) bond motifs is 2. The van der Waals surface area contributed by atoms with E-state index in [1.807, 2.05) is 0 Å². The predicted octanol–water partition coefficient (Wildman–Crippen LogP) is 5.03. The number of carboxylic acid groups (broad SMARTS) is 1. The minimum Gasteiger partial charge on any atom is -0.481 e. The second-order valence-electron chi connectivity index (χ2n) is 6.39. The lowest BCUT2D eigenvalue weighted by Gasteiger charge is -2.19. The minimum absolute atomic E-state index is 0.00825. The number of anilines is 2. The van der Waals surface area contributed by atoms with E-state index in [-0.39, 0.29) is 12.3 Å². The highest BCUT2D eigenvalue weighted by Gasteiger charge is 2.17. The lowest BCUT2D eigenvalue weighted by atomic mass is 10.0. The van der Waals surface area contributed by atoms with Crippen LogP contribution in [0.15, 0.2) is 46.2 Å². The SMILES string of the molecule is Cc1ccc2c(c1)SSc1cc(C)ccc1NCC(CC(=O)O)CN2. The summed E-state index contributed by atoms with van der Waals surface area (Å²) in [7, 11) is 3.47. The zero-order valence-corrected chi connectivity index (χ0v) is 16.0. The van der Waals surface area contributed by atoms with Crippen molar-refractivity contribution in [2.24, 2.45) is 5.92 Å². The molecule has 1 aliphatic heterocycles. The average molecular weight is 375 g/mol. The summed E-state index contributed by atoms with van der Waals surface area (Å²) in [6.45, 7) is 5.43. The smallest absolute Gasteiger partial charge is 0.303 e. The Morgan fingerprint density at radius 3 is 1.92 bits per heavy atom. The third kappa shape index (κ3) is 4.86. The predicted molar refractivity (Wildman–Crippen MR) is 107 cm³/mol. The number of rotatable bonds is 2. The van der Waals surface area contributed by atoms with Gasteiger partial charge in [-0.15, -0.1) is 0 Å². The molecule has 0 saturated carbocycles. The molecule has 1 heterocycles. The van der Waals surface area contributed by atoms with Crippen LogP contribution in [-0.4, -0.2) is 24.2 Å². The molecular formula is C19H22N2O2S2. The third-order valence-electron chi connectivity index (χ3n) is 4.12. The summed E-state index contributed by atoms with van der Waals surface area (Å²) in [5, 5.41) is 16.1. The zero-order valence-electron chi connectivity index (χ0n) is 14.3. The van der Waals surface area contributed by atoms with E-state index in [4.69, 9.17) is 0 Å². The maximum absolute atomic E-state index is 11.2. The van der Waals surface area contributed by atoms with E-state index in [9.17, 15) is 9.90 Å². The van der Waals surface area contributed by atoms with Crippen molar-refractivity contribution >= 4 is 38.9 Å². The Morgan fingerprint density at radius 1 is 1.00 bits per heavy atom. The molecule has 132 valence electrons. The molecular weight excluding hydrogens is 352 g/mol. The maximum Gasteiger partial charge on any atom is 0.303 e. The first kappa shape index (κ1) is 18.0. The molecule has 0 aromatic heterocycles. The molecule has 2 aromatic carbocycles. The van der Waals surface area contributed by atoms with Crippen molar-refractivity contribution in [2.45, 2.75) is 30.1 Å². The Labute approximate surface area is 156 Å². The van der Waals surface area contributed by atoms with Crippen LogP contribution in [0.2, 0.25) is 0 Å². The van der Waals surface area contributed by atoms with Gasteiger partial charge in [-0.25, -0.2) is 0 Å². The molecule has 0 spiro atoms. The van der Waals surface area contributed by atoms with Crippen LogP contribution in [0.5, 0.6) is 0 Å². The number of nitrogens with one attached hydrogen (secondary N) is 2. The van der Waals surface area contributed by atoms with Crippen molar-refractivity contribution in [1.29, 1.82) is 0 Å². The summed E-state index contributed by atoms with van der Waals surface area (Å²) in [5.74, 6) is -0.755. The molecule has 4 nitrogen and oxygen atoms in total. The van der Waals surface area contributed by atoms with Crippen molar-refractivity contribution in [1.82, 2.24) is 0 Å². The van der Waals surface area contributed by atoms with Gasteiger partial charge >= 0.3 is 5.97 Å². The number of hydrogen-bond donors (Lipinski definition) is 3. The van der Waals surface area contributed by atoms with Crippen molar-refractivity contribution in [3.8, 4) is 0 Å². The van der Waals surface area contributed by atoms with Gasteiger partial charge in [0, 0.05) is 40.2 Å². The van der Waals surface area contributed by atoms with Crippen LogP contribution in [0.4, 0.5) is 11.4 Å². The molecule has 1 aliphatic rings. The largest absolute Gasteiger partial charge is 0.481 e. The Bertz CT molecular complexity index is 723. The van der Waals surface area contributed by atoms with Gasteiger partial charge in [0.2, 0.25) is 0 Å². The number of benzene rings is 2. The van der Waals surface area contributed by atoms with Crippen molar-refractivity contribution in [3.63, 3.8) is 0 Å². The summed E-state index contributed by atoms with van der Waals surface area (Å²) in [5.41, 5.74) is 4.56. The molecule has 0 radical (unpaired) electrons. The van der Waals surface area contributed by atoms with Crippen molar-refractivity contribution in [3.05, 3.63) is 47.5 Å². The highest BCUT2D eigenvalue weighted by molar-refractivity contribution is 8.76. The Kier molecular flexibility index (Phi) is 5.81. The van der Waals surface area contributed by atoms with Gasteiger partial charge < -0.3 is 15.7 Å². The van der Waals surface area contributed by atoms with Crippen molar-refractivity contribution in [2.75, 3.05) is 23.7 Å². The molecule has 0 aliphatic carbocycles. The molecule has 0 atom stereocenters. The lowest BCUT2D eigenvalue weighted by Crippen LogP contribution is -2.25. The van der Waals surface area contributed by atoms with Crippen LogP contribution in [0.3, 0.4) is 0 Å². The molecule has 25 heavy (non-hydrogen) atoms. The molecule has 0 saturated heterocycles. The van der Waals surface area contributed by atoms with E-state index in [0.717, 1.165) is 11.4 Å². The molecule has 6 heteroatoms. The summed E-state index contributed by atoms with van der Waals surface area (Å²) in [6.07, 6.45) is 0.142. The Hall–Kier alpha value is -1.79. The van der Waals surface area contributed by atoms with Crippen LogP contribution in [0.25, 0.3) is 0 Å². The summed E-state index contributed by atoms with van der Waals surface area (Å²) >= 11 is 0. The highest BCUT2D eigenvalue weighted by Crippen LogP contribution is 2.44. The van der Waals surface area contributed by atoms with Gasteiger partial charge in [0.05, 0.1) is 6.42 Å². The van der Waals surface area contributed by atoms with Gasteiger partial charge in [-0.05, 0) is 49.2 Å². The lowest BCUT2D eigenvalue weighted by molar-refractivity contribution is -0.137. The molecule has 0 amide bonds. The van der Waals surface area contributed by atoms with Crippen LogP contribution in [-0.2, 0) is 4.79 Å². The standard InChI is InChI=1S/C19H22N2O2S2/c1-12-3-5-15-17(7-12)24-25-18-8-13(2)4-6-16(18)21-11-14(10-20-15)9-19(22)23/h3-8,14,20-21H,9-11H2,1-2H3,(H,22,23). The van der Waals surface area contributed by atoms with E-state index in [1.54, 1.807) is 21.6 Å². The topological polar surface area (TPSA) is 61.4 Å². The molecule has 0 bridgehead atoms. The second kappa shape index (κ2) is 8.06. The maximum atomic E-state index is 11.2. The Morgan fingerprint density at radius 2 is 1.48 bits per heavy atom. The van der Waals surface area contributed by atoms with Crippen molar-refractivity contribution < 1.29 is 9.90 Å². The van der Waals surface area contributed by atoms with Crippen LogP contribution in [0, 0.1) is 19.8 Å². The van der Waals surface area contributed by atoms with Gasteiger partial charge in [-0.1, -0.05) is 33.7 Å². The van der Waals surface area contributed by atoms with Gasteiger partial charge in [0.15, 0.2) is 0 Å². The first-order chi connectivity index (χ1) is 12.0. The first-order valence-corrected chi connectivity index (χ1v) is 10.4. The Balaban J connectivity index is 1.94. The number of hydrogen-bond acceptors (Lipinski definition) is 5. The number of carboxylic acids is 1. The number of aryl methyl sites for hydroxylation is 2. The van der Waals surface area contributed by atoms with E-state index < -0.39 is 5.97 Å². The van der Waals surface area contributed by atoms with Gasteiger partial charge in [0.1, 0.15) is 0 Å². The van der Waals surface area contributed by atoms with E-state index in [2.05, 4.69) is 60.9 Å². The summed E-state index contributed by atoms with van der Waals surface area (Å²) in [4.78, 5) is 13.6. The summed E-state index contributed by atoms with van der Waals surface area (Å²) in [6, 6.07) is 12.7. The molecule has 0 unspecified atom stereocenters. The molecule has 2 aromatic rings. The number of aliphatic carboxylic acids is 1. The molecule has 3 rings (SSSR count). The summed E-state index contributed by atoms with van der Waals surface area (Å²) < 4.78 is 0. The fraction of sp³-hybridized carbons (Fsp3) is 0.316. The van der Waals surface area contributed by atoms with E-state index in [0.29, 0.717) is 13.1 Å². The quantitative estimate of drug-likeness (QED) is 0.641. The highest BCUT2D eigenvalue weighted by atomic mass is 33.1. The van der Waals surface area contributed by atoms with Gasteiger partial charge in [0.25, 0.3) is 0 Å². The van der Waals surface area contributed by atoms with E-state index in [1.165, 1.54) is 20.9 Å². The third-order valence-corrected chi connectivity index (χ3v) is 6.57. The van der Waals surface area contributed by atoms with Crippen LogP contribution < -0.4 is 10.6 Å². The molecule has 3 N–H and O–H groups in total.